The predicted octanol–water partition coefficient (Wildman–Crippen LogP) is -0.824. The number of likely N-dealkylation sites (N-methyl/N-ethyl adjacent to an activating group) is 1. The van der Waals surface area contributed by atoms with Crippen molar-refractivity contribution in [1.82, 2.24) is 9.80 Å². The van der Waals surface area contributed by atoms with E-state index >= 15 is 0 Å². The number of carbonyl (C=O) groups is 1. The van der Waals surface area contributed by atoms with E-state index in [2.05, 4.69) is 4.90 Å². The second-order valence-electron chi connectivity index (χ2n) is 4.01. The normalized spacial score (nSPS) is 29.1. The summed E-state index contributed by atoms with van der Waals surface area (Å²) in [7, 11) is 1.98. The maximum atomic E-state index is 12.1. The molecule has 0 radical (unpaired) electrons. The Morgan fingerprint density at radius 1 is 1.13 bits per heavy atom. The average Bonchev–Trinajstić information content (AvgIpc) is 2.30. The Morgan fingerprint density at radius 2 is 1.80 bits per heavy atom. The van der Waals surface area contributed by atoms with Crippen molar-refractivity contribution in [3.8, 4) is 0 Å². The predicted molar refractivity (Wildman–Crippen MR) is 54.6 cm³/mol. The maximum Gasteiger partial charge on any atom is 0.242 e. The molecule has 0 spiro atoms. The summed E-state index contributed by atoms with van der Waals surface area (Å²) in [5, 5.41) is 0. The summed E-state index contributed by atoms with van der Waals surface area (Å²) in [5.41, 5.74) is 0. The highest BCUT2D eigenvalue weighted by Gasteiger charge is 2.30. The number of hydrogen-bond donors (Lipinski definition) is 0. The zero-order valence-corrected chi connectivity index (χ0v) is 9.15. The van der Waals surface area contributed by atoms with Gasteiger partial charge in [-0.3, -0.25) is 9.69 Å². The summed E-state index contributed by atoms with van der Waals surface area (Å²) in [6, 6.07) is -0.100. The fourth-order valence-corrected chi connectivity index (χ4v) is 1.94. The lowest BCUT2D eigenvalue weighted by molar-refractivity contribution is -0.146. The second kappa shape index (κ2) is 4.92. The van der Waals surface area contributed by atoms with Crippen molar-refractivity contribution in [1.29, 1.82) is 0 Å². The van der Waals surface area contributed by atoms with E-state index in [1.165, 1.54) is 0 Å². The minimum Gasteiger partial charge on any atom is -0.378 e. The average molecular weight is 214 g/mol. The van der Waals surface area contributed by atoms with Crippen LogP contribution in [0, 0.1) is 0 Å². The molecule has 2 rings (SSSR count). The van der Waals surface area contributed by atoms with Gasteiger partial charge in [-0.2, -0.15) is 0 Å². The Kier molecular flexibility index (Phi) is 3.56. The Hall–Kier alpha value is -0.650. The molecule has 2 aliphatic rings. The molecular weight excluding hydrogens is 196 g/mol. The van der Waals surface area contributed by atoms with Crippen molar-refractivity contribution in [3.63, 3.8) is 0 Å². The van der Waals surface area contributed by atoms with Crippen LogP contribution in [0.5, 0.6) is 0 Å². The summed E-state index contributed by atoms with van der Waals surface area (Å²) in [6.07, 6.45) is 0. The van der Waals surface area contributed by atoms with Crippen LogP contribution in [-0.4, -0.2) is 74.9 Å². The number of amides is 1. The van der Waals surface area contributed by atoms with Gasteiger partial charge >= 0.3 is 0 Å². The first kappa shape index (κ1) is 10.9. The first-order valence-electron chi connectivity index (χ1n) is 5.43. The molecule has 2 aliphatic heterocycles. The van der Waals surface area contributed by atoms with Gasteiger partial charge < -0.3 is 14.4 Å². The third-order valence-corrected chi connectivity index (χ3v) is 3.00. The van der Waals surface area contributed by atoms with E-state index in [9.17, 15) is 4.79 Å². The minimum absolute atomic E-state index is 0.100. The Balaban J connectivity index is 1.92. The summed E-state index contributed by atoms with van der Waals surface area (Å²) in [4.78, 5) is 16.1. The molecule has 0 bridgehead atoms. The van der Waals surface area contributed by atoms with Crippen LogP contribution in [0.4, 0.5) is 0 Å². The standard InChI is InChI=1S/C10H18N2O3/c1-11-2-5-15-8-9(11)10(13)12-3-6-14-7-4-12/h9H,2-8H2,1H3. The highest BCUT2D eigenvalue weighted by atomic mass is 16.5. The van der Waals surface area contributed by atoms with Crippen LogP contribution in [0.1, 0.15) is 0 Å². The largest absolute Gasteiger partial charge is 0.378 e. The molecule has 0 N–H and O–H groups in total. The molecule has 0 aliphatic carbocycles. The third kappa shape index (κ3) is 2.48. The Labute approximate surface area is 89.9 Å². The lowest BCUT2D eigenvalue weighted by atomic mass is 10.2. The molecule has 2 saturated heterocycles. The molecule has 15 heavy (non-hydrogen) atoms. The van der Waals surface area contributed by atoms with Gasteiger partial charge in [0, 0.05) is 19.6 Å². The smallest absolute Gasteiger partial charge is 0.242 e. The highest BCUT2D eigenvalue weighted by Crippen LogP contribution is 2.09. The zero-order valence-electron chi connectivity index (χ0n) is 9.15. The van der Waals surface area contributed by atoms with E-state index < -0.39 is 0 Å². The lowest BCUT2D eigenvalue weighted by Gasteiger charge is -2.36. The van der Waals surface area contributed by atoms with Gasteiger partial charge in [0.1, 0.15) is 6.04 Å². The molecule has 1 unspecified atom stereocenters. The van der Waals surface area contributed by atoms with Gasteiger partial charge in [-0.1, -0.05) is 0 Å². The van der Waals surface area contributed by atoms with Crippen molar-refractivity contribution in [2.24, 2.45) is 0 Å². The van der Waals surface area contributed by atoms with Gasteiger partial charge in [-0.25, -0.2) is 0 Å². The van der Waals surface area contributed by atoms with Gasteiger partial charge in [0.05, 0.1) is 26.4 Å². The van der Waals surface area contributed by atoms with Crippen LogP contribution >= 0.6 is 0 Å². The summed E-state index contributed by atoms with van der Waals surface area (Å²) in [5.74, 6) is 0.181. The van der Waals surface area contributed by atoms with Crippen molar-refractivity contribution >= 4 is 5.91 Å². The minimum atomic E-state index is -0.100. The molecule has 0 aromatic heterocycles. The van der Waals surface area contributed by atoms with Crippen LogP contribution in [0.15, 0.2) is 0 Å². The maximum absolute atomic E-state index is 12.1. The van der Waals surface area contributed by atoms with Gasteiger partial charge in [0.2, 0.25) is 5.91 Å². The molecule has 5 nitrogen and oxygen atoms in total. The topological polar surface area (TPSA) is 42.0 Å². The van der Waals surface area contributed by atoms with Crippen molar-refractivity contribution in [3.05, 3.63) is 0 Å². The molecule has 86 valence electrons. The molecule has 0 aromatic carbocycles. The molecule has 0 aromatic rings. The van der Waals surface area contributed by atoms with Crippen LogP contribution in [-0.2, 0) is 14.3 Å². The van der Waals surface area contributed by atoms with Crippen LogP contribution in [0.2, 0.25) is 0 Å². The first-order valence-corrected chi connectivity index (χ1v) is 5.43. The van der Waals surface area contributed by atoms with E-state index in [4.69, 9.17) is 9.47 Å². The van der Waals surface area contributed by atoms with Gasteiger partial charge in [-0.05, 0) is 7.05 Å². The third-order valence-electron chi connectivity index (χ3n) is 3.00. The molecule has 2 heterocycles. The number of hydrogen-bond acceptors (Lipinski definition) is 4. The van der Waals surface area contributed by atoms with Crippen molar-refractivity contribution in [2.75, 3.05) is 53.1 Å². The first-order chi connectivity index (χ1) is 7.29. The summed E-state index contributed by atoms with van der Waals surface area (Å²) in [6.45, 7) is 4.81. The quantitative estimate of drug-likeness (QED) is 0.572. The second-order valence-corrected chi connectivity index (χ2v) is 4.01. The molecular formula is C10H18N2O3. The van der Waals surface area contributed by atoms with E-state index in [-0.39, 0.29) is 11.9 Å². The number of morpholine rings is 2. The van der Waals surface area contributed by atoms with Gasteiger partial charge in [-0.15, -0.1) is 0 Å². The van der Waals surface area contributed by atoms with Gasteiger partial charge in [0.25, 0.3) is 0 Å². The molecule has 5 heteroatoms. The Bertz CT molecular complexity index is 229. The van der Waals surface area contributed by atoms with E-state index in [1.807, 2.05) is 11.9 Å². The number of carbonyl (C=O) groups excluding carboxylic acids is 1. The fraction of sp³-hybridized carbons (Fsp3) is 0.900. The monoisotopic (exact) mass is 214 g/mol. The number of nitrogens with zero attached hydrogens (tertiary/aromatic N) is 2. The van der Waals surface area contributed by atoms with Crippen LogP contribution in [0.25, 0.3) is 0 Å². The molecule has 1 atom stereocenters. The van der Waals surface area contributed by atoms with Crippen molar-refractivity contribution in [2.45, 2.75) is 6.04 Å². The van der Waals surface area contributed by atoms with E-state index in [0.29, 0.717) is 32.9 Å². The van der Waals surface area contributed by atoms with E-state index in [0.717, 1.165) is 13.2 Å². The number of rotatable bonds is 1. The zero-order chi connectivity index (χ0) is 10.7. The lowest BCUT2D eigenvalue weighted by Crippen LogP contribution is -2.55. The molecule has 1 amide bonds. The van der Waals surface area contributed by atoms with Crippen LogP contribution < -0.4 is 0 Å². The molecule has 2 fully saturated rings. The van der Waals surface area contributed by atoms with Crippen LogP contribution in [0.3, 0.4) is 0 Å². The fourth-order valence-electron chi connectivity index (χ4n) is 1.94. The Morgan fingerprint density at radius 3 is 2.47 bits per heavy atom. The summed E-state index contributed by atoms with van der Waals surface area (Å²) < 4.78 is 10.6. The van der Waals surface area contributed by atoms with E-state index in [1.54, 1.807) is 0 Å². The van der Waals surface area contributed by atoms with Gasteiger partial charge in [0.15, 0.2) is 0 Å². The SMILES string of the molecule is CN1CCOCC1C(=O)N1CCOCC1. The summed E-state index contributed by atoms with van der Waals surface area (Å²) >= 11 is 0. The molecule has 0 saturated carbocycles. The number of ether oxygens (including phenoxy) is 2. The highest BCUT2D eigenvalue weighted by molar-refractivity contribution is 5.82. The van der Waals surface area contributed by atoms with Crippen molar-refractivity contribution < 1.29 is 14.3 Å².